The summed E-state index contributed by atoms with van der Waals surface area (Å²) in [5, 5.41) is 8.67. The van der Waals surface area contributed by atoms with Crippen molar-refractivity contribution in [3.63, 3.8) is 0 Å². The van der Waals surface area contributed by atoms with E-state index < -0.39 is 6.17 Å². The third-order valence-electron chi connectivity index (χ3n) is 8.71. The van der Waals surface area contributed by atoms with Crippen LogP contribution in [0.15, 0.2) is 0 Å². The average molecular weight is 769 g/mol. The lowest BCUT2D eigenvalue weighted by Gasteiger charge is -2.20. The fourth-order valence-corrected chi connectivity index (χ4v) is 2.99. The Kier molecular flexibility index (Phi) is 97.1. The minimum absolute atomic E-state index is 0.0648. The van der Waals surface area contributed by atoms with Crippen LogP contribution in [0.25, 0.3) is 0 Å². The monoisotopic (exact) mass is 769 g/mol. The zero-order chi connectivity index (χ0) is 44.1. The Morgan fingerprint density at radius 3 is 0.887 bits per heavy atom. The molecule has 4 heteroatoms. The van der Waals surface area contributed by atoms with Gasteiger partial charge in [-0.3, -0.25) is 0 Å². The van der Waals surface area contributed by atoms with Crippen LogP contribution in [0.5, 0.6) is 0 Å². The molecule has 0 saturated carbocycles. The molecule has 0 aliphatic carbocycles. The van der Waals surface area contributed by atoms with E-state index in [1.807, 2.05) is 20.8 Å². The second-order valence-electron chi connectivity index (χ2n) is 16.2. The van der Waals surface area contributed by atoms with Gasteiger partial charge in [0.05, 0.1) is 12.3 Å². The van der Waals surface area contributed by atoms with E-state index in [0.717, 1.165) is 25.2 Å². The van der Waals surface area contributed by atoms with Gasteiger partial charge in [-0.05, 0) is 69.6 Å². The second kappa shape index (κ2) is 69.7. The Labute approximate surface area is 342 Å². The van der Waals surface area contributed by atoms with Crippen LogP contribution < -0.4 is 11.5 Å². The first kappa shape index (κ1) is 73.9. The Morgan fingerprint density at radius 1 is 0.491 bits per heavy atom. The number of hydrogen-bond acceptors (Lipinski definition) is 3. The standard InChI is InChI=1S/C8H18.2C6H15N.C6H14.C5H12O.2C5H12.C4H9F.C4H10/c1-5-7-8(3,4)6-2;1-4-6(7)5(2)3;1-3-4-5-6(2)7;1-3-5-6-4-2;1-3-5(6)4-2;1-4-5(2)3;1-3-5-4-2;1-3-4(2)5;1-3-4-2/h5-7H2,1-4H3;5-6H,4,7H2,1-3H3;6H,3-5,7H2,1-2H3;3-6H2,1-2H3;5-6H,3-4H2,1-2H3;5H,4H2,1-3H3;3-5H2,1-2H3;4H,3H2,1-2H3;3-4H2,1-2H3/t;;6-;;;;;4-;/m..0....0./s1. The van der Waals surface area contributed by atoms with E-state index in [0.29, 0.717) is 29.8 Å². The van der Waals surface area contributed by atoms with Crippen molar-refractivity contribution in [2.24, 2.45) is 28.7 Å². The van der Waals surface area contributed by atoms with Gasteiger partial charge in [0.25, 0.3) is 0 Å². The first-order valence-corrected chi connectivity index (χ1v) is 23.5. The van der Waals surface area contributed by atoms with Crippen LogP contribution in [0, 0.1) is 17.3 Å². The van der Waals surface area contributed by atoms with Crippen LogP contribution in [0.3, 0.4) is 0 Å². The second-order valence-corrected chi connectivity index (χ2v) is 16.2. The fraction of sp³-hybridized carbons (Fsp3) is 1.00. The van der Waals surface area contributed by atoms with E-state index in [9.17, 15) is 4.39 Å². The van der Waals surface area contributed by atoms with Gasteiger partial charge in [-0.1, -0.05) is 228 Å². The lowest BCUT2D eigenvalue weighted by molar-refractivity contribution is 0.166. The lowest BCUT2D eigenvalue weighted by Crippen LogP contribution is -2.24. The minimum atomic E-state index is -0.616. The predicted molar refractivity (Wildman–Crippen MR) is 253 cm³/mol. The molecule has 0 aromatic carbocycles. The number of aliphatic hydroxyl groups is 1. The van der Waals surface area contributed by atoms with Crippen LogP contribution in [-0.4, -0.2) is 29.5 Å². The molecule has 53 heavy (non-hydrogen) atoms. The van der Waals surface area contributed by atoms with Gasteiger partial charge < -0.3 is 16.6 Å². The number of unbranched alkanes of at least 4 members (excludes halogenated alkanes) is 7. The number of alkyl halides is 1. The van der Waals surface area contributed by atoms with E-state index in [1.54, 1.807) is 6.92 Å². The molecule has 3 atom stereocenters. The molecule has 0 saturated heterocycles. The topological polar surface area (TPSA) is 72.3 Å². The molecule has 0 bridgehead atoms. The van der Waals surface area contributed by atoms with Crippen molar-refractivity contribution in [2.75, 3.05) is 0 Å². The van der Waals surface area contributed by atoms with Gasteiger partial charge in [0.2, 0.25) is 0 Å². The maximum Gasteiger partial charge on any atom is 0.0971 e. The molecular weight excluding hydrogens is 652 g/mol. The summed E-state index contributed by atoms with van der Waals surface area (Å²) in [4.78, 5) is 0. The minimum Gasteiger partial charge on any atom is -0.393 e. The summed E-state index contributed by atoms with van der Waals surface area (Å²) in [7, 11) is 0. The smallest absolute Gasteiger partial charge is 0.0971 e. The van der Waals surface area contributed by atoms with Crippen molar-refractivity contribution < 1.29 is 9.50 Å². The molecule has 0 aliphatic rings. The highest BCUT2D eigenvalue weighted by molar-refractivity contribution is 4.64. The Hall–Kier alpha value is -0.190. The summed E-state index contributed by atoms with van der Waals surface area (Å²) in [6, 6.07) is 0.806. The highest BCUT2D eigenvalue weighted by Crippen LogP contribution is 2.25. The van der Waals surface area contributed by atoms with Gasteiger partial charge in [0.15, 0.2) is 0 Å². The quantitative estimate of drug-likeness (QED) is 0.122. The summed E-state index contributed by atoms with van der Waals surface area (Å²) in [6.45, 7) is 47.0. The SMILES string of the molecule is CCC(C)C.CCC(N)C(C)C.CCC(O)CC.CCCC.CCCC(C)(C)CC.CCCCC.CCCCCC.CCCC[C@H](C)N.CC[C@H](C)F. The van der Waals surface area contributed by atoms with E-state index in [2.05, 4.69) is 125 Å². The lowest BCUT2D eigenvalue weighted by atomic mass is 9.86. The molecule has 5 N–H and O–H groups in total. The van der Waals surface area contributed by atoms with Gasteiger partial charge in [-0.2, -0.15) is 0 Å². The molecule has 3 nitrogen and oxygen atoms in total. The largest absolute Gasteiger partial charge is 0.393 e. The summed E-state index contributed by atoms with van der Waals surface area (Å²) < 4.78 is 11.4. The summed E-state index contributed by atoms with van der Waals surface area (Å²) >= 11 is 0. The molecule has 1 unspecified atom stereocenters. The normalized spacial score (nSPS) is 11.5. The predicted octanol–water partition coefficient (Wildman–Crippen LogP) is 17.7. The molecule has 0 aromatic rings. The van der Waals surface area contributed by atoms with Crippen molar-refractivity contribution in [3.8, 4) is 0 Å². The maximum absolute atomic E-state index is 11.4. The van der Waals surface area contributed by atoms with Crippen molar-refractivity contribution in [1.29, 1.82) is 0 Å². The van der Waals surface area contributed by atoms with Crippen molar-refractivity contribution in [3.05, 3.63) is 0 Å². The van der Waals surface area contributed by atoms with Crippen LogP contribution in [0.1, 0.15) is 281 Å². The summed E-state index contributed by atoms with van der Waals surface area (Å²) in [5.41, 5.74) is 11.7. The van der Waals surface area contributed by atoms with Crippen LogP contribution in [0.2, 0.25) is 0 Å². The first-order chi connectivity index (χ1) is 24.7. The molecular formula is C49H117FN2O. The highest BCUT2D eigenvalue weighted by atomic mass is 19.1. The van der Waals surface area contributed by atoms with E-state index in [1.165, 1.54) is 103 Å². The number of hydrogen-bond donors (Lipinski definition) is 3. The van der Waals surface area contributed by atoms with E-state index in [-0.39, 0.29) is 6.10 Å². The molecule has 0 heterocycles. The van der Waals surface area contributed by atoms with Gasteiger partial charge >= 0.3 is 0 Å². The van der Waals surface area contributed by atoms with Crippen molar-refractivity contribution >= 4 is 0 Å². The maximum atomic E-state index is 11.4. The molecule has 336 valence electrons. The Morgan fingerprint density at radius 2 is 0.830 bits per heavy atom. The average Bonchev–Trinajstić information content (AvgIpc) is 3.14. The molecule has 0 aliphatic heterocycles. The number of halogens is 1. The number of aliphatic hydroxyl groups excluding tert-OH is 1. The summed E-state index contributed by atoms with van der Waals surface area (Å²) in [5.74, 6) is 1.53. The Bertz CT molecular complexity index is 475. The fourth-order valence-electron chi connectivity index (χ4n) is 2.99. The van der Waals surface area contributed by atoms with Gasteiger partial charge in [-0.15, -0.1) is 0 Å². The van der Waals surface area contributed by atoms with E-state index in [4.69, 9.17) is 16.6 Å². The molecule has 0 radical (unpaired) electrons. The van der Waals surface area contributed by atoms with Crippen molar-refractivity contribution in [1.82, 2.24) is 0 Å². The van der Waals surface area contributed by atoms with Gasteiger partial charge in [0, 0.05) is 12.1 Å². The van der Waals surface area contributed by atoms with Crippen LogP contribution in [0.4, 0.5) is 4.39 Å². The summed E-state index contributed by atoms with van der Waals surface area (Å²) in [6.07, 6.45) is 24.1. The zero-order valence-electron chi connectivity index (χ0n) is 42.1. The molecule has 0 aromatic heterocycles. The van der Waals surface area contributed by atoms with E-state index >= 15 is 0 Å². The van der Waals surface area contributed by atoms with Crippen LogP contribution in [-0.2, 0) is 0 Å². The third kappa shape index (κ3) is 135. The number of rotatable bonds is 18. The molecule has 0 amide bonds. The van der Waals surface area contributed by atoms with Gasteiger partial charge in [-0.25, -0.2) is 4.39 Å². The molecule has 0 rings (SSSR count). The first-order valence-electron chi connectivity index (χ1n) is 23.5. The highest BCUT2D eigenvalue weighted by Gasteiger charge is 2.11. The zero-order valence-corrected chi connectivity index (χ0v) is 42.1. The Balaban J connectivity index is -0.0000000591. The van der Waals surface area contributed by atoms with Crippen molar-refractivity contribution in [2.45, 2.75) is 305 Å². The molecule has 0 spiro atoms. The third-order valence-corrected chi connectivity index (χ3v) is 8.71. The molecule has 0 fully saturated rings. The number of nitrogens with two attached hydrogens (primary N) is 2. The van der Waals surface area contributed by atoms with Gasteiger partial charge in [0.1, 0.15) is 0 Å². The van der Waals surface area contributed by atoms with Crippen LogP contribution >= 0.6 is 0 Å².